The van der Waals surface area contributed by atoms with Gasteiger partial charge in [0.15, 0.2) is 5.17 Å². The van der Waals surface area contributed by atoms with Crippen LogP contribution in [0.4, 0.5) is 5.13 Å². The minimum absolute atomic E-state index is 0.136. The van der Waals surface area contributed by atoms with E-state index in [-0.39, 0.29) is 11.7 Å². The van der Waals surface area contributed by atoms with Gasteiger partial charge in [-0.2, -0.15) is 4.99 Å². The van der Waals surface area contributed by atoms with Crippen molar-refractivity contribution in [2.45, 2.75) is 0 Å². The molecule has 1 aliphatic heterocycles. The van der Waals surface area contributed by atoms with Crippen LogP contribution >= 0.6 is 23.1 Å². The summed E-state index contributed by atoms with van der Waals surface area (Å²) in [6.45, 7) is 4.10. The van der Waals surface area contributed by atoms with Gasteiger partial charge in [-0.3, -0.25) is 9.69 Å². The van der Waals surface area contributed by atoms with E-state index in [0.717, 1.165) is 15.8 Å². The number of aromatic nitrogens is 1. The van der Waals surface area contributed by atoms with Crippen molar-refractivity contribution in [1.29, 1.82) is 0 Å². The first kappa shape index (κ1) is 17.5. The number of carbonyl (C=O) groups is 1. The molecule has 0 saturated carbocycles. The average molecular weight is 393 g/mol. The summed E-state index contributed by atoms with van der Waals surface area (Å²) in [6, 6.07) is 14.6. The Bertz CT molecular complexity index is 1070. The van der Waals surface area contributed by atoms with Crippen LogP contribution in [0, 0.1) is 0 Å². The van der Waals surface area contributed by atoms with Crippen molar-refractivity contribution in [1.82, 2.24) is 9.88 Å². The molecule has 134 valence electrons. The van der Waals surface area contributed by atoms with Gasteiger partial charge in [-0.1, -0.05) is 41.7 Å². The van der Waals surface area contributed by atoms with Crippen molar-refractivity contribution >= 4 is 55.6 Å². The van der Waals surface area contributed by atoms with Crippen LogP contribution in [0.5, 0.6) is 5.75 Å². The van der Waals surface area contributed by atoms with Crippen LogP contribution in [-0.4, -0.2) is 32.6 Å². The molecule has 0 spiro atoms. The fraction of sp³-hybridized carbons (Fsp3) is 0.0500. The molecule has 4 rings (SSSR count). The molecular weight excluding hydrogens is 378 g/mol. The minimum atomic E-state index is -0.136. The molecule has 3 aromatic rings. The maximum atomic E-state index is 12.8. The maximum Gasteiger partial charge on any atom is 0.267 e. The third-order valence-electron chi connectivity index (χ3n) is 3.84. The van der Waals surface area contributed by atoms with E-state index in [1.54, 1.807) is 35.3 Å². The second-order valence-electron chi connectivity index (χ2n) is 5.77. The molecule has 1 saturated heterocycles. The Hall–Kier alpha value is -2.90. The summed E-state index contributed by atoms with van der Waals surface area (Å²) in [4.78, 5) is 24.0. The lowest BCUT2D eigenvalue weighted by molar-refractivity contribution is -0.121. The topological polar surface area (TPSA) is 65.8 Å². The lowest BCUT2D eigenvalue weighted by Crippen LogP contribution is -2.29. The highest BCUT2D eigenvalue weighted by Gasteiger charge is 2.32. The number of thioether (sulfide) groups is 1. The van der Waals surface area contributed by atoms with E-state index >= 15 is 0 Å². The molecule has 0 atom stereocenters. The zero-order valence-electron chi connectivity index (χ0n) is 14.2. The number of amidine groups is 1. The molecule has 2 aromatic carbocycles. The summed E-state index contributed by atoms with van der Waals surface area (Å²) >= 11 is 2.78. The summed E-state index contributed by atoms with van der Waals surface area (Å²) in [5.74, 6) is 0.0224. The predicted molar refractivity (Wildman–Crippen MR) is 112 cm³/mol. The van der Waals surface area contributed by atoms with E-state index in [4.69, 9.17) is 0 Å². The number of carbonyl (C=O) groups excluding carboxylic acids is 1. The molecule has 1 N–H and O–H groups in total. The molecule has 0 aliphatic carbocycles. The van der Waals surface area contributed by atoms with E-state index in [2.05, 4.69) is 16.6 Å². The Balaban J connectivity index is 1.70. The van der Waals surface area contributed by atoms with E-state index in [0.29, 0.717) is 21.7 Å². The maximum absolute atomic E-state index is 12.8. The van der Waals surface area contributed by atoms with E-state index in [1.807, 2.05) is 30.3 Å². The Labute approximate surface area is 164 Å². The Morgan fingerprint density at radius 2 is 2.07 bits per heavy atom. The molecule has 0 radical (unpaired) electrons. The van der Waals surface area contributed by atoms with Crippen molar-refractivity contribution in [2.24, 2.45) is 4.99 Å². The number of aliphatic imine (C=N–C) groups is 1. The molecule has 0 unspecified atom stereocenters. The second kappa shape index (κ2) is 7.38. The van der Waals surface area contributed by atoms with E-state index < -0.39 is 0 Å². The molecule has 1 aliphatic rings. The molecule has 1 aromatic heterocycles. The third-order valence-corrected chi connectivity index (χ3v) is 5.78. The molecule has 2 heterocycles. The van der Waals surface area contributed by atoms with Crippen molar-refractivity contribution in [3.63, 3.8) is 0 Å². The normalized spacial score (nSPS) is 17.3. The zero-order chi connectivity index (χ0) is 18.8. The lowest BCUT2D eigenvalue weighted by Gasteiger charge is -2.11. The number of para-hydroxylation sites is 1. The standard InChI is InChI=1S/C20H15N3O2S2/c1-2-10-23-18(25)17(12-13-6-5-7-14(24)11-13)27-20(23)22-19-21-15-8-3-4-9-16(15)26-19/h2-9,11-12,24H,1,10H2/b17-12-,22-20+. The number of nitrogens with zero attached hydrogens (tertiary/aromatic N) is 3. The Kier molecular flexibility index (Phi) is 4.79. The first-order chi connectivity index (χ1) is 13.1. The smallest absolute Gasteiger partial charge is 0.267 e. The number of amides is 1. The highest BCUT2D eigenvalue weighted by Crippen LogP contribution is 2.36. The van der Waals surface area contributed by atoms with Gasteiger partial charge in [0.1, 0.15) is 5.75 Å². The quantitative estimate of drug-likeness (QED) is 0.511. The number of thiazole rings is 1. The Morgan fingerprint density at radius 3 is 2.85 bits per heavy atom. The molecule has 27 heavy (non-hydrogen) atoms. The van der Waals surface area contributed by atoms with Gasteiger partial charge in [-0.25, -0.2) is 4.98 Å². The predicted octanol–water partition coefficient (Wildman–Crippen LogP) is 4.79. The van der Waals surface area contributed by atoms with Gasteiger partial charge in [0, 0.05) is 6.54 Å². The average Bonchev–Trinajstić information content (AvgIpc) is 3.18. The fourth-order valence-electron chi connectivity index (χ4n) is 2.64. The number of hydrogen-bond acceptors (Lipinski definition) is 6. The van der Waals surface area contributed by atoms with E-state index in [9.17, 15) is 9.90 Å². The first-order valence-electron chi connectivity index (χ1n) is 8.19. The monoisotopic (exact) mass is 393 g/mol. The molecular formula is C20H15N3O2S2. The summed E-state index contributed by atoms with van der Waals surface area (Å²) in [5, 5.41) is 10.8. The van der Waals surface area contributed by atoms with Crippen molar-refractivity contribution in [3.8, 4) is 5.75 Å². The van der Waals surface area contributed by atoms with Crippen LogP contribution in [0.1, 0.15) is 5.56 Å². The van der Waals surface area contributed by atoms with Gasteiger partial charge in [0.05, 0.1) is 15.1 Å². The van der Waals surface area contributed by atoms with Crippen molar-refractivity contribution in [2.75, 3.05) is 6.54 Å². The minimum Gasteiger partial charge on any atom is -0.508 e. The largest absolute Gasteiger partial charge is 0.508 e. The van der Waals surface area contributed by atoms with Crippen molar-refractivity contribution < 1.29 is 9.90 Å². The molecule has 5 nitrogen and oxygen atoms in total. The van der Waals surface area contributed by atoms with Gasteiger partial charge >= 0.3 is 0 Å². The molecule has 1 fully saturated rings. The fourth-order valence-corrected chi connectivity index (χ4v) is 4.52. The van der Waals surface area contributed by atoms with Crippen molar-refractivity contribution in [3.05, 3.63) is 71.7 Å². The van der Waals surface area contributed by atoms with Crippen LogP contribution < -0.4 is 0 Å². The number of rotatable bonds is 4. The number of benzene rings is 2. The van der Waals surface area contributed by atoms with Gasteiger partial charge in [0.25, 0.3) is 5.91 Å². The molecule has 0 bridgehead atoms. The van der Waals surface area contributed by atoms with Gasteiger partial charge in [-0.05, 0) is 47.7 Å². The first-order valence-corrected chi connectivity index (χ1v) is 9.83. The number of hydrogen-bond donors (Lipinski definition) is 1. The highest BCUT2D eigenvalue weighted by atomic mass is 32.2. The SMILES string of the molecule is C=CCN1C(=O)/C(=C/c2cccc(O)c2)S/C1=N/c1nc2ccccc2s1. The summed E-state index contributed by atoms with van der Waals surface area (Å²) in [5.41, 5.74) is 1.65. The third kappa shape index (κ3) is 3.65. The van der Waals surface area contributed by atoms with Crippen LogP contribution in [0.25, 0.3) is 16.3 Å². The zero-order valence-corrected chi connectivity index (χ0v) is 15.8. The van der Waals surface area contributed by atoms with E-state index in [1.165, 1.54) is 23.1 Å². The summed E-state index contributed by atoms with van der Waals surface area (Å²) in [6.07, 6.45) is 3.42. The second-order valence-corrected chi connectivity index (χ2v) is 7.79. The van der Waals surface area contributed by atoms with Crippen LogP contribution in [0.2, 0.25) is 0 Å². The molecule has 7 heteroatoms. The number of phenolic OH excluding ortho intramolecular Hbond substituents is 1. The van der Waals surface area contributed by atoms with Crippen LogP contribution in [0.3, 0.4) is 0 Å². The van der Waals surface area contributed by atoms with Gasteiger partial charge in [0.2, 0.25) is 5.13 Å². The van der Waals surface area contributed by atoms with Crippen LogP contribution in [-0.2, 0) is 4.79 Å². The molecule has 1 amide bonds. The number of phenols is 1. The van der Waals surface area contributed by atoms with Gasteiger partial charge in [-0.15, -0.1) is 6.58 Å². The Morgan fingerprint density at radius 1 is 1.22 bits per heavy atom. The lowest BCUT2D eigenvalue weighted by atomic mass is 10.2. The summed E-state index contributed by atoms with van der Waals surface area (Å²) in [7, 11) is 0. The number of fused-ring (bicyclic) bond motifs is 1. The van der Waals surface area contributed by atoms with Gasteiger partial charge < -0.3 is 5.11 Å². The number of aromatic hydroxyl groups is 1. The van der Waals surface area contributed by atoms with Crippen LogP contribution in [0.15, 0.2) is 71.1 Å². The summed E-state index contributed by atoms with van der Waals surface area (Å²) < 4.78 is 1.05. The highest BCUT2D eigenvalue weighted by molar-refractivity contribution is 8.18.